The molecule has 1 N–H and O–H groups in total. The molecule has 0 aliphatic heterocycles. The maximum absolute atomic E-state index is 12.3. The molecule has 0 spiro atoms. The lowest BCUT2D eigenvalue weighted by atomic mass is 10.3. The lowest BCUT2D eigenvalue weighted by molar-refractivity contribution is 0.475. The van der Waals surface area contributed by atoms with E-state index in [-0.39, 0.29) is 10.8 Å². The molecule has 0 saturated carbocycles. The molecule has 0 amide bonds. The minimum Gasteiger partial charge on any atom is -0.508 e. The van der Waals surface area contributed by atoms with Crippen LogP contribution in [-0.4, -0.2) is 30.1 Å². The van der Waals surface area contributed by atoms with Crippen molar-refractivity contribution in [2.24, 2.45) is 0 Å². The highest BCUT2D eigenvalue weighted by atomic mass is 32.2. The van der Waals surface area contributed by atoms with Gasteiger partial charge < -0.3 is 9.67 Å². The number of sulfonamides is 1. The molecule has 2 aromatic rings. The van der Waals surface area contributed by atoms with E-state index in [0.717, 1.165) is 4.31 Å². The monoisotopic (exact) mass is 281 g/mol. The number of imidazole rings is 1. The predicted molar refractivity (Wildman–Crippen MR) is 71.6 cm³/mol. The summed E-state index contributed by atoms with van der Waals surface area (Å²) in [5, 5.41) is 9.21. The minimum atomic E-state index is -3.67. The predicted octanol–water partition coefficient (Wildman–Crippen LogP) is 1.43. The topological polar surface area (TPSA) is 75.4 Å². The fourth-order valence-electron chi connectivity index (χ4n) is 1.59. The van der Waals surface area contributed by atoms with Gasteiger partial charge in [-0.25, -0.2) is 4.98 Å². The van der Waals surface area contributed by atoms with E-state index in [9.17, 15) is 13.5 Å². The van der Waals surface area contributed by atoms with Crippen molar-refractivity contribution in [3.05, 3.63) is 36.8 Å². The quantitative estimate of drug-likeness (QED) is 0.920. The summed E-state index contributed by atoms with van der Waals surface area (Å²) in [5.74, 6) is 0.0878. The van der Waals surface area contributed by atoms with E-state index < -0.39 is 10.0 Å². The zero-order valence-corrected chi connectivity index (χ0v) is 11.5. The molecule has 2 rings (SSSR count). The first kappa shape index (κ1) is 13.4. The number of nitrogens with zero attached hydrogens (tertiary/aromatic N) is 3. The van der Waals surface area contributed by atoms with Crippen LogP contribution >= 0.6 is 0 Å². The molecule has 7 heteroatoms. The number of rotatable bonds is 4. The molecule has 0 atom stereocenters. The Balaban J connectivity index is 2.36. The Labute approximate surface area is 112 Å². The van der Waals surface area contributed by atoms with E-state index in [4.69, 9.17) is 0 Å². The highest BCUT2D eigenvalue weighted by molar-refractivity contribution is 7.92. The summed E-state index contributed by atoms with van der Waals surface area (Å²) >= 11 is 0. The van der Waals surface area contributed by atoms with Crippen LogP contribution in [0, 0.1) is 0 Å². The molecule has 6 nitrogen and oxygen atoms in total. The highest BCUT2D eigenvalue weighted by Gasteiger charge is 2.23. The van der Waals surface area contributed by atoms with Crippen molar-refractivity contribution in [2.75, 3.05) is 11.4 Å². The third-order valence-electron chi connectivity index (χ3n) is 2.81. The van der Waals surface area contributed by atoms with Crippen molar-refractivity contribution < 1.29 is 13.5 Å². The van der Waals surface area contributed by atoms with Gasteiger partial charge in [0.25, 0.3) is 10.0 Å². The Bertz CT molecular complexity index is 662. The van der Waals surface area contributed by atoms with E-state index >= 15 is 0 Å². The van der Waals surface area contributed by atoms with E-state index in [1.165, 1.54) is 43.8 Å². The van der Waals surface area contributed by atoms with Crippen LogP contribution < -0.4 is 4.31 Å². The van der Waals surface area contributed by atoms with E-state index in [0.29, 0.717) is 12.2 Å². The molecule has 0 aliphatic carbocycles. The lowest BCUT2D eigenvalue weighted by Gasteiger charge is -2.17. The van der Waals surface area contributed by atoms with Gasteiger partial charge in [0.1, 0.15) is 5.75 Å². The largest absolute Gasteiger partial charge is 0.508 e. The second-order valence-corrected chi connectivity index (χ2v) is 5.95. The van der Waals surface area contributed by atoms with Gasteiger partial charge in [-0.15, -0.1) is 0 Å². The first-order valence-corrected chi connectivity index (χ1v) is 7.19. The van der Waals surface area contributed by atoms with Gasteiger partial charge in [-0.3, -0.25) is 4.31 Å². The summed E-state index contributed by atoms with van der Waals surface area (Å²) in [6.45, 7) is 2.56. The number of aromatic hydroxyl groups is 1. The van der Waals surface area contributed by atoms with Gasteiger partial charge in [0.15, 0.2) is 5.03 Å². The Morgan fingerprint density at radius 2 is 1.95 bits per heavy atom. The van der Waals surface area contributed by atoms with Crippen molar-refractivity contribution in [2.45, 2.75) is 18.5 Å². The maximum Gasteiger partial charge on any atom is 0.283 e. The van der Waals surface area contributed by atoms with Crippen molar-refractivity contribution in [1.82, 2.24) is 9.55 Å². The first-order chi connectivity index (χ1) is 8.95. The van der Waals surface area contributed by atoms with Gasteiger partial charge >= 0.3 is 0 Å². The van der Waals surface area contributed by atoms with E-state index in [1.54, 1.807) is 4.57 Å². The lowest BCUT2D eigenvalue weighted by Crippen LogP contribution is -2.26. The zero-order valence-electron chi connectivity index (χ0n) is 10.7. The summed E-state index contributed by atoms with van der Waals surface area (Å²) < 4.78 is 27.5. The van der Waals surface area contributed by atoms with Crippen LogP contribution in [0.2, 0.25) is 0 Å². The standard InChI is InChI=1S/C12H15N3O3S/c1-3-15-8-12(13-9-15)19(17,18)14(2)10-4-6-11(16)7-5-10/h4-9,16H,3H2,1-2H3. The molecule has 0 fully saturated rings. The fraction of sp³-hybridized carbons (Fsp3) is 0.250. The molecular weight excluding hydrogens is 266 g/mol. The number of hydrogen-bond donors (Lipinski definition) is 1. The van der Waals surface area contributed by atoms with Gasteiger partial charge in [-0.1, -0.05) is 0 Å². The van der Waals surface area contributed by atoms with E-state index in [1.807, 2.05) is 6.92 Å². The van der Waals surface area contributed by atoms with Crippen molar-refractivity contribution >= 4 is 15.7 Å². The molecule has 0 bridgehead atoms. The Hall–Kier alpha value is -2.02. The SMILES string of the molecule is CCn1cnc(S(=O)(=O)N(C)c2ccc(O)cc2)c1. The van der Waals surface area contributed by atoms with Crippen LogP contribution in [0.15, 0.2) is 41.8 Å². The van der Waals surface area contributed by atoms with Gasteiger partial charge in [-0.2, -0.15) is 8.42 Å². The molecule has 1 aromatic carbocycles. The summed E-state index contributed by atoms with van der Waals surface area (Å²) in [5.41, 5.74) is 0.462. The molecule has 0 radical (unpaired) electrons. The fourth-order valence-corrected chi connectivity index (χ4v) is 2.72. The van der Waals surface area contributed by atoms with Crippen LogP contribution in [0.1, 0.15) is 6.92 Å². The van der Waals surface area contributed by atoms with Crippen LogP contribution in [0.3, 0.4) is 0 Å². The van der Waals surface area contributed by atoms with Crippen molar-refractivity contribution in [3.63, 3.8) is 0 Å². The third kappa shape index (κ3) is 2.55. The Morgan fingerprint density at radius 1 is 1.32 bits per heavy atom. The molecule has 1 heterocycles. The third-order valence-corrected chi connectivity index (χ3v) is 4.48. The van der Waals surface area contributed by atoms with Gasteiger partial charge in [0.2, 0.25) is 0 Å². The van der Waals surface area contributed by atoms with Gasteiger partial charge in [0, 0.05) is 19.8 Å². The number of anilines is 1. The second kappa shape index (κ2) is 4.93. The number of benzene rings is 1. The minimum absolute atomic E-state index is 0.00456. The zero-order chi connectivity index (χ0) is 14.0. The summed E-state index contributed by atoms with van der Waals surface area (Å²) in [6, 6.07) is 5.94. The van der Waals surface area contributed by atoms with Crippen molar-refractivity contribution in [1.29, 1.82) is 0 Å². The molecular formula is C12H15N3O3S. The van der Waals surface area contributed by atoms with Crippen LogP contribution in [0.25, 0.3) is 0 Å². The number of aryl methyl sites for hydroxylation is 1. The van der Waals surface area contributed by atoms with Crippen molar-refractivity contribution in [3.8, 4) is 5.75 Å². The second-order valence-electron chi connectivity index (χ2n) is 4.03. The number of phenolic OH excluding ortho intramolecular Hbond substituents is 1. The first-order valence-electron chi connectivity index (χ1n) is 5.75. The molecule has 1 aromatic heterocycles. The highest BCUT2D eigenvalue weighted by Crippen LogP contribution is 2.22. The van der Waals surface area contributed by atoms with Gasteiger partial charge in [-0.05, 0) is 31.2 Å². The molecule has 0 unspecified atom stereocenters. The average Bonchev–Trinajstić information content (AvgIpc) is 2.88. The molecule has 19 heavy (non-hydrogen) atoms. The smallest absolute Gasteiger partial charge is 0.283 e. The average molecular weight is 281 g/mol. The molecule has 0 aliphatic rings. The Kier molecular flexibility index (Phi) is 3.48. The number of hydrogen-bond acceptors (Lipinski definition) is 4. The maximum atomic E-state index is 12.3. The summed E-state index contributed by atoms with van der Waals surface area (Å²) in [7, 11) is -2.22. The summed E-state index contributed by atoms with van der Waals surface area (Å²) in [4.78, 5) is 3.91. The van der Waals surface area contributed by atoms with E-state index in [2.05, 4.69) is 4.98 Å². The number of aromatic nitrogens is 2. The van der Waals surface area contributed by atoms with Crippen LogP contribution in [-0.2, 0) is 16.6 Å². The Morgan fingerprint density at radius 3 is 2.47 bits per heavy atom. The normalized spacial score (nSPS) is 11.5. The number of phenols is 1. The van der Waals surface area contributed by atoms with Crippen LogP contribution in [0.5, 0.6) is 5.75 Å². The summed E-state index contributed by atoms with van der Waals surface area (Å²) in [6.07, 6.45) is 2.98. The molecule has 102 valence electrons. The van der Waals surface area contributed by atoms with Gasteiger partial charge in [0.05, 0.1) is 12.0 Å². The van der Waals surface area contributed by atoms with Crippen LogP contribution in [0.4, 0.5) is 5.69 Å². The molecule has 0 saturated heterocycles.